The molecule has 40 heavy (non-hydrogen) atoms. The Morgan fingerprint density at radius 2 is 1.88 bits per heavy atom. The summed E-state index contributed by atoms with van der Waals surface area (Å²) < 4.78 is 41.7. The first kappa shape index (κ1) is 27.9. The van der Waals surface area contributed by atoms with Crippen molar-refractivity contribution in [3.63, 3.8) is 0 Å². The van der Waals surface area contributed by atoms with Crippen LogP contribution in [0.15, 0.2) is 36.5 Å². The van der Waals surface area contributed by atoms with Gasteiger partial charge in [0.05, 0.1) is 35.1 Å². The lowest BCUT2D eigenvalue weighted by Crippen LogP contribution is -2.31. The Bertz CT molecular complexity index is 1630. The minimum absolute atomic E-state index is 0.0438. The number of aryl methyl sites for hydroxylation is 2. The minimum atomic E-state index is -4.80. The molecular formula is C25H23F3N10O2. The van der Waals surface area contributed by atoms with Crippen molar-refractivity contribution in [1.82, 2.24) is 40.3 Å². The third kappa shape index (κ3) is 5.80. The Morgan fingerprint density at radius 3 is 2.52 bits per heavy atom. The molecule has 0 bridgehead atoms. The summed E-state index contributed by atoms with van der Waals surface area (Å²) >= 11 is 0. The van der Waals surface area contributed by atoms with Crippen LogP contribution in [0.4, 0.5) is 18.9 Å². The lowest BCUT2D eigenvalue weighted by molar-refractivity contribution is -0.147. The zero-order chi connectivity index (χ0) is 29.2. The van der Waals surface area contributed by atoms with Gasteiger partial charge in [0.25, 0.3) is 17.6 Å². The van der Waals surface area contributed by atoms with Gasteiger partial charge < -0.3 is 10.6 Å². The van der Waals surface area contributed by atoms with Gasteiger partial charge in [-0.15, -0.1) is 5.10 Å². The Kier molecular flexibility index (Phi) is 7.62. The largest absolute Gasteiger partial charge is 0.453 e. The number of anilines is 1. The van der Waals surface area contributed by atoms with E-state index < -0.39 is 30.4 Å². The lowest BCUT2D eigenvalue weighted by atomic mass is 10.0. The summed E-state index contributed by atoms with van der Waals surface area (Å²) in [4.78, 5) is 30.8. The summed E-state index contributed by atoms with van der Waals surface area (Å²) in [6, 6.07) is 9.36. The van der Waals surface area contributed by atoms with Gasteiger partial charge in [-0.05, 0) is 73.5 Å². The van der Waals surface area contributed by atoms with E-state index >= 15 is 0 Å². The molecule has 0 fully saturated rings. The molecule has 2 N–H and O–H groups in total. The topological polar surface area (TPSA) is 156 Å². The van der Waals surface area contributed by atoms with E-state index in [1.165, 1.54) is 29.1 Å². The molecule has 206 valence electrons. The molecule has 0 spiro atoms. The molecule has 0 radical (unpaired) electrons. The molecule has 0 aliphatic heterocycles. The van der Waals surface area contributed by atoms with Crippen LogP contribution in [-0.2, 0) is 12.7 Å². The predicted molar refractivity (Wildman–Crippen MR) is 134 cm³/mol. The normalized spacial score (nSPS) is 11.4. The predicted octanol–water partition coefficient (Wildman–Crippen LogP) is 3.20. The third-order valence-corrected chi connectivity index (χ3v) is 5.64. The zero-order valence-corrected chi connectivity index (χ0v) is 21.8. The maximum Gasteiger partial charge on any atom is 0.453 e. The molecule has 3 heterocycles. The molecule has 0 saturated heterocycles. The fourth-order valence-electron chi connectivity index (χ4n) is 3.91. The van der Waals surface area contributed by atoms with E-state index in [0.717, 1.165) is 0 Å². The number of tetrazole rings is 1. The van der Waals surface area contributed by atoms with Crippen LogP contribution >= 0.6 is 0 Å². The highest BCUT2D eigenvalue weighted by atomic mass is 19.4. The zero-order valence-electron chi connectivity index (χ0n) is 21.8. The van der Waals surface area contributed by atoms with Crippen LogP contribution < -0.4 is 10.6 Å². The molecule has 3 aromatic heterocycles. The smallest absolute Gasteiger partial charge is 0.350 e. The SMILES string of the molecule is Cc1cccnc1-n1nc(Cn2nnnc2C(F)(F)F)cc1C(=O)Nc1c(C)cc(C#N)cc1C(=O)NC(C)C. The second-order valence-electron chi connectivity index (χ2n) is 9.14. The average Bonchev–Trinajstić information content (AvgIpc) is 3.52. The molecule has 4 rings (SSSR count). The Balaban J connectivity index is 1.78. The molecular weight excluding hydrogens is 529 g/mol. The number of amides is 2. The molecule has 0 aliphatic carbocycles. The van der Waals surface area contributed by atoms with Crippen molar-refractivity contribution in [2.24, 2.45) is 0 Å². The summed E-state index contributed by atoms with van der Waals surface area (Å²) in [5.41, 5.74) is 1.51. The van der Waals surface area contributed by atoms with Crippen molar-refractivity contribution in [2.75, 3.05) is 5.32 Å². The number of hydrogen-bond acceptors (Lipinski definition) is 8. The number of carbonyl (C=O) groups excluding carboxylic acids is 2. The maximum absolute atomic E-state index is 13.6. The summed E-state index contributed by atoms with van der Waals surface area (Å²) in [6.07, 6.45) is -3.32. The number of aromatic nitrogens is 7. The van der Waals surface area contributed by atoms with Gasteiger partial charge in [0.1, 0.15) is 5.69 Å². The first-order chi connectivity index (χ1) is 18.9. The summed E-state index contributed by atoms with van der Waals surface area (Å²) in [7, 11) is 0. The number of rotatable bonds is 7. The number of nitrogens with zero attached hydrogens (tertiary/aromatic N) is 8. The van der Waals surface area contributed by atoms with Crippen LogP contribution in [0.5, 0.6) is 0 Å². The van der Waals surface area contributed by atoms with Gasteiger partial charge in [0, 0.05) is 12.2 Å². The maximum atomic E-state index is 13.6. The summed E-state index contributed by atoms with van der Waals surface area (Å²) in [6.45, 7) is 6.40. The van der Waals surface area contributed by atoms with Crippen LogP contribution in [0.1, 0.15) is 62.9 Å². The van der Waals surface area contributed by atoms with E-state index in [4.69, 9.17) is 0 Å². The molecule has 4 aromatic rings. The third-order valence-electron chi connectivity index (χ3n) is 5.64. The van der Waals surface area contributed by atoms with Crippen molar-refractivity contribution >= 4 is 17.5 Å². The number of nitrogens with one attached hydrogen (secondary N) is 2. The Morgan fingerprint density at radius 1 is 1.12 bits per heavy atom. The highest BCUT2D eigenvalue weighted by molar-refractivity contribution is 6.09. The number of carbonyl (C=O) groups is 2. The van der Waals surface area contributed by atoms with E-state index in [0.29, 0.717) is 15.8 Å². The van der Waals surface area contributed by atoms with Gasteiger partial charge in [-0.3, -0.25) is 9.59 Å². The van der Waals surface area contributed by atoms with Crippen molar-refractivity contribution in [2.45, 2.75) is 46.5 Å². The molecule has 0 aliphatic rings. The van der Waals surface area contributed by atoms with Crippen LogP contribution in [0, 0.1) is 25.2 Å². The Hall–Kier alpha value is -5.13. The van der Waals surface area contributed by atoms with Gasteiger partial charge in [-0.1, -0.05) is 6.07 Å². The quantitative estimate of drug-likeness (QED) is 0.354. The lowest BCUT2D eigenvalue weighted by Gasteiger charge is -2.16. The molecule has 2 amide bonds. The molecule has 0 saturated carbocycles. The molecule has 15 heteroatoms. The van der Waals surface area contributed by atoms with E-state index in [1.54, 1.807) is 39.8 Å². The summed E-state index contributed by atoms with van der Waals surface area (Å²) in [5.74, 6) is -2.28. The molecule has 0 unspecified atom stereocenters. The second kappa shape index (κ2) is 10.9. The van der Waals surface area contributed by atoms with Gasteiger partial charge in [-0.25, -0.2) is 14.3 Å². The minimum Gasteiger partial charge on any atom is -0.350 e. The van der Waals surface area contributed by atoms with Crippen molar-refractivity contribution in [3.8, 4) is 11.9 Å². The Labute approximate surface area is 225 Å². The average molecular weight is 553 g/mol. The van der Waals surface area contributed by atoms with Crippen molar-refractivity contribution in [3.05, 3.63) is 76.0 Å². The van der Waals surface area contributed by atoms with Crippen LogP contribution in [0.3, 0.4) is 0 Å². The van der Waals surface area contributed by atoms with E-state index in [1.807, 2.05) is 6.07 Å². The highest BCUT2D eigenvalue weighted by Crippen LogP contribution is 2.28. The highest BCUT2D eigenvalue weighted by Gasteiger charge is 2.38. The molecule has 0 atom stereocenters. The van der Waals surface area contributed by atoms with Crippen molar-refractivity contribution < 1.29 is 22.8 Å². The van der Waals surface area contributed by atoms with Gasteiger partial charge in [0.15, 0.2) is 5.82 Å². The molecule has 1 aromatic carbocycles. The van der Waals surface area contributed by atoms with Gasteiger partial charge in [0.2, 0.25) is 0 Å². The van der Waals surface area contributed by atoms with Crippen LogP contribution in [-0.4, -0.2) is 52.8 Å². The van der Waals surface area contributed by atoms with E-state index in [-0.39, 0.29) is 40.1 Å². The number of hydrogen-bond donors (Lipinski definition) is 2. The molecule has 12 nitrogen and oxygen atoms in total. The van der Waals surface area contributed by atoms with Crippen LogP contribution in [0.2, 0.25) is 0 Å². The number of pyridine rings is 1. The number of alkyl halides is 3. The summed E-state index contributed by atoms with van der Waals surface area (Å²) in [5, 5.41) is 28.7. The van der Waals surface area contributed by atoms with E-state index in [2.05, 4.69) is 36.2 Å². The number of halogens is 3. The first-order valence-electron chi connectivity index (χ1n) is 11.9. The number of benzene rings is 1. The van der Waals surface area contributed by atoms with E-state index in [9.17, 15) is 28.0 Å². The standard InChI is InChI=1S/C25H23F3N10O2/c1-13(2)31-22(39)18-9-16(11-29)8-15(4)20(18)32-23(40)19-10-17(12-37-24(25(26,27)28)33-35-36-37)34-38(19)21-14(3)6-5-7-30-21/h5-10,13H,12H2,1-4H3,(H,31,39)(H,32,40). The van der Waals surface area contributed by atoms with Gasteiger partial charge in [-0.2, -0.15) is 23.5 Å². The number of nitriles is 1. The van der Waals surface area contributed by atoms with Crippen molar-refractivity contribution in [1.29, 1.82) is 5.26 Å². The van der Waals surface area contributed by atoms with Crippen LogP contribution in [0.25, 0.3) is 5.82 Å². The fourth-order valence-corrected chi connectivity index (χ4v) is 3.91. The fraction of sp³-hybridized carbons (Fsp3) is 0.280. The van der Waals surface area contributed by atoms with Gasteiger partial charge >= 0.3 is 6.18 Å². The second-order valence-corrected chi connectivity index (χ2v) is 9.14. The monoisotopic (exact) mass is 552 g/mol. The first-order valence-corrected chi connectivity index (χ1v) is 11.9.